The van der Waals surface area contributed by atoms with Gasteiger partial charge in [0.25, 0.3) is 5.56 Å². The maximum atomic E-state index is 13.9. The van der Waals surface area contributed by atoms with Crippen molar-refractivity contribution in [3.63, 3.8) is 0 Å². The number of benzene rings is 3. The molecule has 0 bridgehead atoms. The van der Waals surface area contributed by atoms with Gasteiger partial charge in [0.2, 0.25) is 0 Å². The molecule has 41 heavy (non-hydrogen) atoms. The maximum Gasteiger partial charge on any atom is 0.338 e. The Morgan fingerprint density at radius 3 is 2.51 bits per heavy atom. The van der Waals surface area contributed by atoms with Gasteiger partial charge in [-0.15, -0.1) is 11.8 Å². The Bertz CT molecular complexity index is 1790. The third-order valence-corrected chi connectivity index (χ3v) is 8.85. The standard InChI is InChI=1S/C32H29BrN2O4S2/c1-19(2)39-31(37)28-20(3)34-32-35(29(28)23-11-13-24(40-4)14-12-23)30(36)27(41-32)17-22-10-15-26(25(33)16-22)38-18-21-8-6-5-7-9-21/h5-17,19,29H,18H2,1-4H3/b27-17-/t29-/m0/s1. The molecular weight excluding hydrogens is 620 g/mol. The van der Waals surface area contributed by atoms with Gasteiger partial charge in [-0.25, -0.2) is 9.79 Å². The second-order valence-electron chi connectivity index (χ2n) is 9.77. The molecule has 1 aliphatic rings. The van der Waals surface area contributed by atoms with Crippen LogP contribution in [0, 0.1) is 0 Å². The summed E-state index contributed by atoms with van der Waals surface area (Å²) in [5.41, 5.74) is 3.44. The summed E-state index contributed by atoms with van der Waals surface area (Å²) in [6.45, 7) is 5.86. The van der Waals surface area contributed by atoms with E-state index in [1.165, 1.54) is 11.3 Å². The van der Waals surface area contributed by atoms with Gasteiger partial charge >= 0.3 is 5.97 Å². The summed E-state index contributed by atoms with van der Waals surface area (Å²) < 4.78 is 14.5. The highest BCUT2D eigenvalue weighted by atomic mass is 79.9. The van der Waals surface area contributed by atoms with Crippen molar-refractivity contribution in [1.29, 1.82) is 0 Å². The largest absolute Gasteiger partial charge is 0.488 e. The van der Waals surface area contributed by atoms with Gasteiger partial charge in [0.15, 0.2) is 4.80 Å². The van der Waals surface area contributed by atoms with E-state index < -0.39 is 12.0 Å². The van der Waals surface area contributed by atoms with Gasteiger partial charge in [-0.2, -0.15) is 0 Å². The summed E-state index contributed by atoms with van der Waals surface area (Å²) in [7, 11) is 0. The number of fused-ring (bicyclic) bond motifs is 1. The summed E-state index contributed by atoms with van der Waals surface area (Å²) in [5.74, 6) is 0.245. The smallest absolute Gasteiger partial charge is 0.338 e. The molecule has 6 nitrogen and oxygen atoms in total. The van der Waals surface area contributed by atoms with Gasteiger partial charge < -0.3 is 9.47 Å². The SMILES string of the molecule is CSc1ccc([C@H]2C(C(=O)OC(C)C)=C(C)N=c3s/c(=C\c4ccc(OCc5ccccc5)c(Br)c4)c(=O)n32)cc1. The van der Waals surface area contributed by atoms with Crippen molar-refractivity contribution in [3.8, 4) is 5.75 Å². The molecule has 3 aromatic carbocycles. The van der Waals surface area contributed by atoms with E-state index >= 15 is 0 Å². The molecule has 0 amide bonds. The van der Waals surface area contributed by atoms with Crippen LogP contribution in [0.2, 0.25) is 0 Å². The molecule has 4 aromatic rings. The quantitative estimate of drug-likeness (QED) is 0.167. The van der Waals surface area contributed by atoms with Gasteiger partial charge in [0, 0.05) is 4.90 Å². The zero-order chi connectivity index (χ0) is 29.1. The monoisotopic (exact) mass is 648 g/mol. The molecule has 0 saturated heterocycles. The molecular formula is C32H29BrN2O4S2. The molecule has 0 unspecified atom stereocenters. The van der Waals surface area contributed by atoms with Crippen LogP contribution in [0.25, 0.3) is 6.08 Å². The van der Waals surface area contributed by atoms with Crippen molar-refractivity contribution in [1.82, 2.24) is 4.57 Å². The highest BCUT2D eigenvalue weighted by Gasteiger charge is 2.33. The van der Waals surface area contributed by atoms with Crippen LogP contribution in [-0.2, 0) is 16.1 Å². The topological polar surface area (TPSA) is 69.9 Å². The van der Waals surface area contributed by atoms with Crippen molar-refractivity contribution in [3.05, 3.63) is 125 Å². The van der Waals surface area contributed by atoms with Crippen LogP contribution < -0.4 is 19.6 Å². The molecule has 0 saturated carbocycles. The summed E-state index contributed by atoms with van der Waals surface area (Å²) in [5, 5.41) is 0. The first-order valence-electron chi connectivity index (χ1n) is 13.1. The van der Waals surface area contributed by atoms with Gasteiger partial charge in [-0.3, -0.25) is 9.36 Å². The molecule has 0 aliphatic carbocycles. The van der Waals surface area contributed by atoms with Crippen LogP contribution in [0.15, 0.2) is 103 Å². The van der Waals surface area contributed by atoms with Crippen molar-refractivity contribution >= 4 is 51.1 Å². The number of esters is 1. The third kappa shape index (κ3) is 6.42. The number of halogens is 1. The fourth-order valence-corrected chi connectivity index (χ4v) is 6.54. The Balaban J connectivity index is 1.54. The van der Waals surface area contributed by atoms with E-state index in [1.807, 2.05) is 85.1 Å². The van der Waals surface area contributed by atoms with Gasteiger partial charge in [0.1, 0.15) is 12.4 Å². The molecule has 2 heterocycles. The fourth-order valence-electron chi connectivity index (χ4n) is 4.57. The number of allylic oxidation sites excluding steroid dienone is 1. The second kappa shape index (κ2) is 12.6. The minimum atomic E-state index is -0.643. The lowest BCUT2D eigenvalue weighted by atomic mass is 9.96. The van der Waals surface area contributed by atoms with Crippen LogP contribution >= 0.6 is 39.0 Å². The van der Waals surface area contributed by atoms with Crippen LogP contribution in [-0.4, -0.2) is 22.9 Å². The first-order valence-corrected chi connectivity index (χ1v) is 15.9. The maximum absolute atomic E-state index is 13.9. The molecule has 0 spiro atoms. The lowest BCUT2D eigenvalue weighted by molar-refractivity contribution is -0.143. The number of rotatable bonds is 8. The molecule has 1 aromatic heterocycles. The third-order valence-electron chi connectivity index (χ3n) is 6.51. The molecule has 9 heteroatoms. The molecule has 0 fully saturated rings. The average molecular weight is 650 g/mol. The van der Waals surface area contributed by atoms with Crippen LogP contribution in [0.4, 0.5) is 0 Å². The van der Waals surface area contributed by atoms with E-state index in [2.05, 4.69) is 20.9 Å². The number of thioether (sulfide) groups is 1. The van der Waals surface area contributed by atoms with E-state index in [-0.39, 0.29) is 11.7 Å². The number of thiazole rings is 1. The number of hydrogen-bond acceptors (Lipinski definition) is 7. The minimum absolute atomic E-state index is 0.212. The number of nitrogens with zero attached hydrogens (tertiary/aromatic N) is 2. The molecule has 0 N–H and O–H groups in total. The Labute approximate surface area is 255 Å². The van der Waals surface area contributed by atoms with Crippen LogP contribution in [0.3, 0.4) is 0 Å². The predicted octanol–water partition coefficient (Wildman–Crippen LogP) is 6.25. The Hall–Kier alpha value is -3.40. The van der Waals surface area contributed by atoms with E-state index in [1.54, 1.807) is 37.1 Å². The average Bonchev–Trinajstić information content (AvgIpc) is 3.26. The number of carbonyl (C=O) groups is 1. The minimum Gasteiger partial charge on any atom is -0.488 e. The highest BCUT2D eigenvalue weighted by Crippen LogP contribution is 2.32. The Morgan fingerprint density at radius 2 is 1.85 bits per heavy atom. The molecule has 1 aliphatic heterocycles. The molecule has 0 radical (unpaired) electrons. The van der Waals surface area contributed by atoms with Crippen molar-refractivity contribution < 1.29 is 14.3 Å². The summed E-state index contributed by atoms with van der Waals surface area (Å²) in [6.07, 6.45) is 3.55. The second-order valence-corrected chi connectivity index (χ2v) is 12.5. The summed E-state index contributed by atoms with van der Waals surface area (Å²) >= 11 is 6.54. The zero-order valence-electron chi connectivity index (χ0n) is 23.1. The van der Waals surface area contributed by atoms with Gasteiger partial charge in [-0.1, -0.05) is 59.9 Å². The first kappa shape index (κ1) is 29.1. The van der Waals surface area contributed by atoms with Crippen LogP contribution in [0.5, 0.6) is 5.75 Å². The number of aromatic nitrogens is 1. The molecule has 210 valence electrons. The normalized spacial score (nSPS) is 15.1. The lowest BCUT2D eigenvalue weighted by Crippen LogP contribution is -2.40. The number of hydrogen-bond donors (Lipinski definition) is 0. The van der Waals surface area contributed by atoms with Crippen molar-refractivity contribution in [2.45, 2.75) is 44.4 Å². The summed E-state index contributed by atoms with van der Waals surface area (Å²) in [6, 6.07) is 23.0. The van der Waals surface area contributed by atoms with Crippen molar-refractivity contribution in [2.75, 3.05) is 6.26 Å². The predicted molar refractivity (Wildman–Crippen MR) is 168 cm³/mol. The fraction of sp³-hybridized carbons (Fsp3) is 0.219. The Kier molecular flexibility index (Phi) is 8.97. The lowest BCUT2D eigenvalue weighted by Gasteiger charge is -2.25. The number of carbonyl (C=O) groups excluding carboxylic acids is 1. The highest BCUT2D eigenvalue weighted by molar-refractivity contribution is 9.10. The van der Waals surface area contributed by atoms with Crippen LogP contribution in [0.1, 0.15) is 43.5 Å². The van der Waals surface area contributed by atoms with E-state index in [4.69, 9.17) is 9.47 Å². The molecule has 5 rings (SSSR count). The zero-order valence-corrected chi connectivity index (χ0v) is 26.3. The Morgan fingerprint density at radius 1 is 1.12 bits per heavy atom. The summed E-state index contributed by atoms with van der Waals surface area (Å²) in [4.78, 5) is 33.5. The van der Waals surface area contributed by atoms with Gasteiger partial charge in [-0.05, 0) is 90.0 Å². The first-order chi connectivity index (χ1) is 19.7. The molecule has 1 atom stereocenters. The number of ether oxygens (including phenoxy) is 2. The van der Waals surface area contributed by atoms with E-state index in [9.17, 15) is 9.59 Å². The van der Waals surface area contributed by atoms with Gasteiger partial charge in [0.05, 0.1) is 32.4 Å². The van der Waals surface area contributed by atoms with Crippen molar-refractivity contribution in [2.24, 2.45) is 4.99 Å². The van der Waals surface area contributed by atoms with E-state index in [0.29, 0.717) is 33.0 Å². The van der Waals surface area contributed by atoms with E-state index in [0.717, 1.165) is 26.1 Å².